The second-order valence-corrected chi connectivity index (χ2v) is 22.5. The van der Waals surface area contributed by atoms with Crippen molar-refractivity contribution in [3.05, 3.63) is 328 Å². The monoisotopic (exact) mass is 1110 g/mol. The average Bonchev–Trinajstić information content (AvgIpc) is 1.50. The molecule has 0 aliphatic carbocycles. The molecule has 0 fully saturated rings. The Hall–Kier alpha value is -11.6. The Balaban J connectivity index is 0.961. The van der Waals surface area contributed by atoms with E-state index < -0.39 is 5.91 Å². The Morgan fingerprint density at radius 1 is 0.218 bits per heavy atom. The normalized spacial score (nSPS) is 13.3. The van der Waals surface area contributed by atoms with Gasteiger partial charge >= 0.3 is 0 Å². The van der Waals surface area contributed by atoms with E-state index in [-0.39, 0.29) is 0 Å². The first-order valence-corrected chi connectivity index (χ1v) is 29.7. The van der Waals surface area contributed by atoms with Crippen LogP contribution in [0.25, 0.3) is 99.0 Å². The van der Waals surface area contributed by atoms with E-state index in [1.165, 1.54) is 49.0 Å². The highest BCUT2D eigenvalue weighted by Gasteiger charge is 2.66. The molecule has 0 radical (unpaired) electrons. The van der Waals surface area contributed by atoms with Crippen molar-refractivity contribution in [1.82, 2.24) is 9.97 Å². The van der Waals surface area contributed by atoms with Crippen LogP contribution in [0.3, 0.4) is 0 Å². The van der Waals surface area contributed by atoms with E-state index in [1.54, 1.807) is 0 Å². The molecule has 0 saturated heterocycles. The van der Waals surface area contributed by atoms with Gasteiger partial charge in [-0.2, -0.15) is 0 Å². The summed E-state index contributed by atoms with van der Waals surface area (Å²) in [7, 11) is 0. The maximum absolute atomic E-state index is 5.80. The number of rotatable bonds is 9. The lowest BCUT2D eigenvalue weighted by Crippen LogP contribution is -2.70. The minimum Gasteiger partial charge on any atom is -0.280 e. The molecule has 2 aliphatic rings. The first-order valence-electron chi connectivity index (χ1n) is 29.7. The van der Waals surface area contributed by atoms with E-state index >= 15 is 0 Å². The first-order chi connectivity index (χ1) is 43.2. The van der Waals surface area contributed by atoms with E-state index in [4.69, 9.17) is 9.97 Å². The SMILES string of the molecule is c1ccc(-c2cccc(N3c4ccccc4N(c4ccc(-c5c6ccccc6c(-c6ccc7ccccc7c6)c6ccccc56)cc4)C34N(c3cccc(-c5ccccc5)c3)c3nc5ccccc5nc3N4c3cccc(-c4ccccc4)c3)c2)cc1. The highest BCUT2D eigenvalue weighted by Crippen LogP contribution is 2.64. The van der Waals surface area contributed by atoms with Gasteiger partial charge in [0.25, 0.3) is 5.91 Å². The van der Waals surface area contributed by atoms with E-state index in [1.807, 2.05) is 0 Å². The Bertz CT molecular complexity index is 4960. The van der Waals surface area contributed by atoms with Gasteiger partial charge in [-0.05, 0) is 167 Å². The van der Waals surface area contributed by atoms with Crippen LogP contribution in [0.2, 0.25) is 0 Å². The third kappa shape index (κ3) is 8.03. The molecule has 0 N–H and O–H groups in total. The summed E-state index contributed by atoms with van der Waals surface area (Å²) in [6.07, 6.45) is 0. The standard InChI is InChI=1S/C81H54N6/c1-4-23-55(24-5-1)61-31-20-34-66(52-61)85-76-44-19-18-43-75(76)84(65-49-47-59(48-50-65)77-69-37-12-14-39-71(69)78(72-40-15-13-38-70(72)77)64-46-45-58-29-10-11-30-60(58)51-64)81(85)86(67-35-21-32-62(53-67)56-25-6-2-7-26-56)79-80(83-74-42-17-16-41-73(74)82-79)87(81)68-36-22-33-63(54-68)57-27-8-3-9-28-57/h1-54H. The van der Waals surface area contributed by atoms with Crippen molar-refractivity contribution >= 4 is 89.1 Å². The second-order valence-electron chi connectivity index (χ2n) is 22.5. The van der Waals surface area contributed by atoms with Gasteiger partial charge in [-0.25, -0.2) is 9.97 Å². The highest BCUT2D eigenvalue weighted by molar-refractivity contribution is 6.22. The van der Waals surface area contributed by atoms with Crippen LogP contribution >= 0.6 is 0 Å². The molecule has 3 heterocycles. The molecule has 15 aromatic rings. The molecule has 408 valence electrons. The summed E-state index contributed by atoms with van der Waals surface area (Å²) in [5, 5.41) is 7.27. The van der Waals surface area contributed by atoms with Gasteiger partial charge in [-0.3, -0.25) is 19.6 Å². The lowest BCUT2D eigenvalue weighted by molar-refractivity contribution is 0.477. The zero-order valence-electron chi connectivity index (χ0n) is 47.4. The molecule has 6 nitrogen and oxygen atoms in total. The van der Waals surface area contributed by atoms with E-state index in [9.17, 15) is 0 Å². The fourth-order valence-corrected chi connectivity index (χ4v) is 13.8. The Morgan fingerprint density at radius 2 is 0.575 bits per heavy atom. The Kier molecular flexibility index (Phi) is 11.7. The van der Waals surface area contributed by atoms with Crippen LogP contribution in [0.5, 0.6) is 0 Å². The largest absolute Gasteiger partial charge is 0.298 e. The lowest BCUT2D eigenvalue weighted by Gasteiger charge is -2.52. The Labute approximate surface area is 505 Å². The fourth-order valence-electron chi connectivity index (χ4n) is 13.8. The molecule has 0 unspecified atom stereocenters. The van der Waals surface area contributed by atoms with Gasteiger partial charge in [-0.1, -0.05) is 249 Å². The van der Waals surface area contributed by atoms with Gasteiger partial charge in [0.2, 0.25) is 0 Å². The van der Waals surface area contributed by atoms with Gasteiger partial charge < -0.3 is 0 Å². The summed E-state index contributed by atoms with van der Waals surface area (Å²) in [5.74, 6) is 0.0744. The zero-order valence-corrected chi connectivity index (χ0v) is 47.4. The van der Waals surface area contributed by atoms with E-state index in [2.05, 4.69) is 347 Å². The molecule has 0 amide bonds. The van der Waals surface area contributed by atoms with Crippen LogP contribution < -0.4 is 19.6 Å². The number of aromatic nitrogens is 2. The quantitative estimate of drug-likeness (QED) is 0.134. The van der Waals surface area contributed by atoms with Crippen LogP contribution in [-0.2, 0) is 0 Å². The van der Waals surface area contributed by atoms with Crippen molar-refractivity contribution in [1.29, 1.82) is 0 Å². The second kappa shape index (κ2) is 20.3. The molecule has 17 rings (SSSR count). The van der Waals surface area contributed by atoms with Crippen LogP contribution in [0, 0.1) is 0 Å². The van der Waals surface area contributed by atoms with Crippen molar-refractivity contribution in [3.8, 4) is 55.6 Å². The van der Waals surface area contributed by atoms with Gasteiger partial charge in [0, 0.05) is 22.7 Å². The third-order valence-electron chi connectivity index (χ3n) is 17.5. The molecule has 2 aliphatic heterocycles. The van der Waals surface area contributed by atoms with Crippen LogP contribution in [-0.4, -0.2) is 15.9 Å². The molecule has 1 aromatic heterocycles. The average molecular weight is 1110 g/mol. The summed E-state index contributed by atoms with van der Waals surface area (Å²) in [5.41, 5.74) is 18.8. The molecular weight excluding hydrogens is 1060 g/mol. The summed E-state index contributed by atoms with van der Waals surface area (Å²) >= 11 is 0. The zero-order chi connectivity index (χ0) is 57.4. The molecule has 14 aromatic carbocycles. The molecule has 0 atom stereocenters. The highest BCUT2D eigenvalue weighted by atomic mass is 15.8. The first kappa shape index (κ1) is 50.0. The minimum absolute atomic E-state index is 0.715. The maximum atomic E-state index is 5.80. The van der Waals surface area contributed by atoms with Crippen LogP contribution in [0.1, 0.15) is 0 Å². The number of fused-ring (bicyclic) bond motifs is 6. The topological polar surface area (TPSA) is 38.7 Å². The maximum Gasteiger partial charge on any atom is 0.298 e. The summed E-state index contributed by atoms with van der Waals surface area (Å²) < 4.78 is 0. The third-order valence-corrected chi connectivity index (χ3v) is 17.5. The minimum atomic E-state index is -1.36. The van der Waals surface area contributed by atoms with Crippen molar-refractivity contribution in [3.63, 3.8) is 0 Å². The summed E-state index contributed by atoms with van der Waals surface area (Å²) in [6.45, 7) is 0. The van der Waals surface area contributed by atoms with Crippen molar-refractivity contribution in [2.24, 2.45) is 0 Å². The predicted octanol–water partition coefficient (Wildman–Crippen LogP) is 21.3. The van der Waals surface area contributed by atoms with E-state index in [0.717, 1.165) is 84.1 Å². The van der Waals surface area contributed by atoms with Crippen LogP contribution in [0.4, 0.5) is 45.8 Å². The van der Waals surface area contributed by atoms with Crippen molar-refractivity contribution in [2.45, 2.75) is 5.91 Å². The smallest absolute Gasteiger partial charge is 0.280 e. The number of hydrogen-bond acceptors (Lipinski definition) is 6. The fraction of sp³-hybridized carbons (Fsp3) is 0.0123. The van der Waals surface area contributed by atoms with Gasteiger partial charge in [0.15, 0.2) is 11.6 Å². The van der Waals surface area contributed by atoms with Crippen molar-refractivity contribution < 1.29 is 0 Å². The molecule has 0 bridgehead atoms. The number of para-hydroxylation sites is 4. The Morgan fingerprint density at radius 3 is 1.05 bits per heavy atom. The molecule has 1 spiro atoms. The lowest BCUT2D eigenvalue weighted by atomic mass is 9.85. The molecule has 6 heteroatoms. The summed E-state index contributed by atoms with van der Waals surface area (Å²) in [6, 6.07) is 119. The van der Waals surface area contributed by atoms with Gasteiger partial charge in [0.05, 0.1) is 22.4 Å². The summed E-state index contributed by atoms with van der Waals surface area (Å²) in [4.78, 5) is 21.6. The van der Waals surface area contributed by atoms with Crippen LogP contribution in [0.15, 0.2) is 328 Å². The number of anilines is 8. The van der Waals surface area contributed by atoms with Gasteiger partial charge in [0.1, 0.15) is 0 Å². The molecule has 0 saturated carbocycles. The molecular formula is C81H54N6. The van der Waals surface area contributed by atoms with Crippen molar-refractivity contribution in [2.75, 3.05) is 19.6 Å². The van der Waals surface area contributed by atoms with E-state index in [0.29, 0.717) is 11.6 Å². The van der Waals surface area contributed by atoms with Gasteiger partial charge in [-0.15, -0.1) is 0 Å². The predicted molar refractivity (Wildman–Crippen MR) is 363 cm³/mol. The number of hydrogen-bond donors (Lipinski definition) is 0. The molecule has 87 heavy (non-hydrogen) atoms. The number of nitrogens with zero attached hydrogens (tertiary/aromatic N) is 6. The number of benzene rings is 14.